The molecule has 2 atom stereocenters. The van der Waals surface area contributed by atoms with Crippen molar-refractivity contribution in [1.82, 2.24) is 10.6 Å². The molecule has 0 heterocycles. The molecular formula is C37H36F2N2O3. The minimum Gasteiger partial charge on any atom is -0.497 e. The third-order valence-corrected chi connectivity index (χ3v) is 7.91. The third-order valence-electron chi connectivity index (χ3n) is 7.91. The van der Waals surface area contributed by atoms with Crippen LogP contribution in [0.4, 0.5) is 8.78 Å². The average Bonchev–Trinajstić information content (AvgIpc) is 3.06. The lowest BCUT2D eigenvalue weighted by Gasteiger charge is -2.21. The van der Waals surface area contributed by atoms with Crippen molar-refractivity contribution < 1.29 is 23.0 Å². The van der Waals surface area contributed by atoms with Crippen LogP contribution in [-0.2, 0) is 17.3 Å². The predicted octanol–water partition coefficient (Wildman–Crippen LogP) is 8.34. The molecule has 0 aliphatic carbocycles. The van der Waals surface area contributed by atoms with Gasteiger partial charge in [-0.15, -0.1) is 0 Å². The number of halogens is 2. The number of hydrogen-bond donors (Lipinski definition) is 2. The van der Waals surface area contributed by atoms with E-state index in [4.69, 9.17) is 9.47 Å². The number of fused-ring (bicyclic) bond motifs is 1. The van der Waals surface area contributed by atoms with Crippen LogP contribution in [0.25, 0.3) is 21.9 Å². The topological polar surface area (TPSA) is 59.6 Å². The Morgan fingerprint density at radius 3 is 2.00 bits per heavy atom. The molecular weight excluding hydrogens is 558 g/mol. The number of carbonyl (C=O) groups is 1. The summed E-state index contributed by atoms with van der Waals surface area (Å²) in [6.45, 7) is 4.37. The highest BCUT2D eigenvalue weighted by Crippen LogP contribution is 2.35. The van der Waals surface area contributed by atoms with Gasteiger partial charge in [0.05, 0.1) is 20.3 Å². The molecule has 5 aromatic carbocycles. The van der Waals surface area contributed by atoms with Crippen LogP contribution in [-0.4, -0.2) is 20.1 Å². The van der Waals surface area contributed by atoms with Crippen molar-refractivity contribution in [2.24, 2.45) is 0 Å². The molecule has 0 unspecified atom stereocenters. The molecule has 5 rings (SSSR count). The van der Waals surface area contributed by atoms with Crippen LogP contribution in [0.15, 0.2) is 109 Å². The van der Waals surface area contributed by atoms with E-state index in [9.17, 15) is 4.79 Å². The van der Waals surface area contributed by atoms with Gasteiger partial charge in [-0.05, 0) is 88.8 Å². The molecule has 7 heteroatoms. The zero-order valence-electron chi connectivity index (χ0n) is 25.2. The third kappa shape index (κ3) is 6.74. The van der Waals surface area contributed by atoms with Gasteiger partial charge in [-0.1, -0.05) is 72.8 Å². The van der Waals surface area contributed by atoms with E-state index in [1.807, 2.05) is 42.5 Å². The number of rotatable bonds is 11. The standard InChI is InChI=1S/C37H36F2N2O3/c1-24(28-10-7-12-32(21-28)43-3)40-23-26-19-30-9-5-6-14-34(30)35(20-26)27-15-17-31(18-16-27)37(38,39)36(42)41-25(2)29-11-8-13-33(22-29)44-4/h5-22,24-25,40H,23H2,1-4H3,(H,41,42)/t24-,25-/m1/s1. The first-order valence-electron chi connectivity index (χ1n) is 14.5. The van der Waals surface area contributed by atoms with Crippen molar-refractivity contribution in [1.29, 1.82) is 0 Å². The number of benzene rings is 5. The van der Waals surface area contributed by atoms with E-state index < -0.39 is 17.9 Å². The maximum absolute atomic E-state index is 15.3. The molecule has 0 saturated carbocycles. The summed E-state index contributed by atoms with van der Waals surface area (Å²) in [7, 11) is 3.18. The van der Waals surface area contributed by atoms with E-state index in [0.717, 1.165) is 38.8 Å². The lowest BCUT2D eigenvalue weighted by molar-refractivity contribution is -0.147. The predicted molar refractivity (Wildman–Crippen MR) is 171 cm³/mol. The monoisotopic (exact) mass is 594 g/mol. The molecule has 0 aromatic heterocycles. The van der Waals surface area contributed by atoms with E-state index in [-0.39, 0.29) is 11.6 Å². The van der Waals surface area contributed by atoms with Crippen molar-refractivity contribution in [3.63, 3.8) is 0 Å². The maximum atomic E-state index is 15.3. The number of carbonyl (C=O) groups excluding carboxylic acids is 1. The highest BCUT2D eigenvalue weighted by Gasteiger charge is 2.41. The molecule has 0 radical (unpaired) electrons. The Morgan fingerprint density at radius 1 is 0.750 bits per heavy atom. The fourth-order valence-electron chi connectivity index (χ4n) is 5.28. The van der Waals surface area contributed by atoms with Gasteiger partial charge in [0.1, 0.15) is 11.5 Å². The normalized spacial score (nSPS) is 12.9. The lowest BCUT2D eigenvalue weighted by atomic mass is 9.94. The molecule has 2 N–H and O–H groups in total. The molecule has 0 aliphatic heterocycles. The van der Waals surface area contributed by atoms with Crippen molar-refractivity contribution in [3.8, 4) is 22.6 Å². The van der Waals surface area contributed by atoms with Gasteiger partial charge >= 0.3 is 5.92 Å². The van der Waals surface area contributed by atoms with E-state index >= 15 is 8.78 Å². The highest BCUT2D eigenvalue weighted by atomic mass is 19.3. The molecule has 1 amide bonds. The van der Waals surface area contributed by atoms with Gasteiger partial charge in [0.15, 0.2) is 0 Å². The van der Waals surface area contributed by atoms with E-state index in [0.29, 0.717) is 17.9 Å². The summed E-state index contributed by atoms with van der Waals surface area (Å²) >= 11 is 0. The van der Waals surface area contributed by atoms with Gasteiger partial charge in [-0.3, -0.25) is 4.79 Å². The Kier molecular flexibility index (Phi) is 9.26. The summed E-state index contributed by atoms with van der Waals surface area (Å²) in [6, 6.07) is 32.6. The van der Waals surface area contributed by atoms with Crippen molar-refractivity contribution >= 4 is 16.7 Å². The quantitative estimate of drug-likeness (QED) is 0.161. The van der Waals surface area contributed by atoms with Gasteiger partial charge in [0.2, 0.25) is 0 Å². The molecule has 0 aliphatic rings. The number of ether oxygens (including phenoxy) is 2. The summed E-state index contributed by atoms with van der Waals surface area (Å²) in [5, 5.41) is 8.09. The first-order chi connectivity index (χ1) is 21.2. The van der Waals surface area contributed by atoms with Crippen LogP contribution < -0.4 is 20.1 Å². The number of alkyl halides is 2. The Hall–Kier alpha value is -4.75. The van der Waals surface area contributed by atoms with Crippen LogP contribution >= 0.6 is 0 Å². The molecule has 5 aromatic rings. The van der Waals surface area contributed by atoms with Gasteiger partial charge in [-0.2, -0.15) is 8.78 Å². The maximum Gasteiger partial charge on any atom is 0.349 e. The molecule has 44 heavy (non-hydrogen) atoms. The smallest absolute Gasteiger partial charge is 0.349 e. The molecule has 226 valence electrons. The summed E-state index contributed by atoms with van der Waals surface area (Å²) in [5.74, 6) is -3.67. The largest absolute Gasteiger partial charge is 0.497 e. The average molecular weight is 595 g/mol. The molecule has 0 spiro atoms. The summed E-state index contributed by atoms with van der Waals surface area (Å²) in [4.78, 5) is 12.7. The van der Waals surface area contributed by atoms with Crippen LogP contribution in [0.1, 0.15) is 48.2 Å². The number of methoxy groups -OCH3 is 2. The van der Waals surface area contributed by atoms with Crippen molar-refractivity contribution in [3.05, 3.63) is 131 Å². The summed E-state index contributed by atoms with van der Waals surface area (Å²) < 4.78 is 41.2. The van der Waals surface area contributed by atoms with E-state index in [2.05, 4.69) is 35.8 Å². The zero-order chi connectivity index (χ0) is 31.3. The van der Waals surface area contributed by atoms with Crippen LogP contribution in [0.2, 0.25) is 0 Å². The van der Waals surface area contributed by atoms with Crippen LogP contribution in [0, 0.1) is 0 Å². The molecule has 0 saturated heterocycles. The Balaban J connectivity index is 1.35. The Labute approximate surface area is 256 Å². The van der Waals surface area contributed by atoms with Gasteiger partial charge in [0.25, 0.3) is 5.91 Å². The highest BCUT2D eigenvalue weighted by molar-refractivity contribution is 5.97. The van der Waals surface area contributed by atoms with Gasteiger partial charge < -0.3 is 20.1 Å². The van der Waals surface area contributed by atoms with Crippen LogP contribution in [0.5, 0.6) is 11.5 Å². The van der Waals surface area contributed by atoms with Gasteiger partial charge in [0, 0.05) is 18.2 Å². The second-order valence-electron chi connectivity index (χ2n) is 10.9. The lowest BCUT2D eigenvalue weighted by Crippen LogP contribution is -2.39. The fourth-order valence-corrected chi connectivity index (χ4v) is 5.28. The van der Waals surface area contributed by atoms with E-state index in [1.54, 1.807) is 50.4 Å². The first-order valence-corrected chi connectivity index (χ1v) is 14.5. The minimum absolute atomic E-state index is 0.0827. The second kappa shape index (κ2) is 13.3. The SMILES string of the molecule is COc1cccc([C@@H](C)NCc2cc(-c3ccc(C(F)(F)C(=O)N[C@H](C)c4cccc(OC)c4)cc3)c3ccccc3c2)c1. The number of amides is 1. The summed E-state index contributed by atoms with van der Waals surface area (Å²) in [6.07, 6.45) is 0. The minimum atomic E-state index is -3.71. The van der Waals surface area contributed by atoms with Crippen molar-refractivity contribution in [2.75, 3.05) is 14.2 Å². The molecule has 5 nitrogen and oxygen atoms in total. The van der Waals surface area contributed by atoms with Gasteiger partial charge in [-0.25, -0.2) is 0 Å². The molecule has 0 fully saturated rings. The fraction of sp³-hybridized carbons (Fsp3) is 0.216. The van der Waals surface area contributed by atoms with E-state index in [1.165, 1.54) is 19.2 Å². The zero-order valence-corrected chi connectivity index (χ0v) is 25.2. The Morgan fingerprint density at radius 2 is 1.36 bits per heavy atom. The Bertz CT molecular complexity index is 1750. The molecule has 0 bridgehead atoms. The second-order valence-corrected chi connectivity index (χ2v) is 10.9. The van der Waals surface area contributed by atoms with Crippen molar-refractivity contribution in [2.45, 2.75) is 38.4 Å². The number of nitrogens with one attached hydrogen (secondary N) is 2. The number of hydrogen-bond acceptors (Lipinski definition) is 4. The van der Waals surface area contributed by atoms with Crippen LogP contribution in [0.3, 0.4) is 0 Å². The summed E-state index contributed by atoms with van der Waals surface area (Å²) in [5.41, 5.74) is 4.19. The first kappa shape index (κ1) is 30.7.